The summed E-state index contributed by atoms with van der Waals surface area (Å²) in [6.07, 6.45) is 0. The zero-order valence-electron chi connectivity index (χ0n) is 13.6. The number of piperazine rings is 1. The molecule has 1 saturated heterocycles. The van der Waals surface area contributed by atoms with Crippen LogP contribution in [0.5, 0.6) is 5.75 Å². The van der Waals surface area contributed by atoms with Crippen LogP contribution in [-0.4, -0.2) is 56.3 Å². The van der Waals surface area contributed by atoms with Crippen molar-refractivity contribution >= 4 is 38.9 Å². The monoisotopic (exact) mass is 418 g/mol. The van der Waals surface area contributed by atoms with Gasteiger partial charge in [0, 0.05) is 26.2 Å². The van der Waals surface area contributed by atoms with Crippen LogP contribution in [-0.2, 0) is 14.8 Å². The van der Waals surface area contributed by atoms with Crippen molar-refractivity contribution < 1.29 is 22.3 Å². The van der Waals surface area contributed by atoms with Crippen LogP contribution in [0.1, 0.15) is 0 Å². The summed E-state index contributed by atoms with van der Waals surface area (Å²) in [6, 6.07) is 8.86. The molecule has 10 heteroatoms. The number of amides is 1. The van der Waals surface area contributed by atoms with Gasteiger partial charge in [0.2, 0.25) is 0 Å². The highest BCUT2D eigenvalue weighted by Crippen LogP contribution is 2.28. The zero-order valence-corrected chi connectivity index (χ0v) is 16.0. The smallest absolute Gasteiger partial charge is 0.260 e. The predicted molar refractivity (Wildman–Crippen MR) is 96.6 cm³/mol. The topological polar surface area (TPSA) is 66.9 Å². The first-order valence-electron chi connectivity index (χ1n) is 7.78. The Kier molecular flexibility index (Phi) is 5.81. The normalized spacial score (nSPS) is 15.8. The van der Waals surface area contributed by atoms with Gasteiger partial charge in [0.05, 0.1) is 4.34 Å². The second-order valence-electron chi connectivity index (χ2n) is 5.56. The van der Waals surface area contributed by atoms with E-state index in [1.165, 1.54) is 33.5 Å². The van der Waals surface area contributed by atoms with Crippen LogP contribution >= 0.6 is 22.9 Å². The third kappa shape index (κ3) is 4.17. The van der Waals surface area contributed by atoms with E-state index in [1.54, 1.807) is 12.1 Å². The number of sulfonamides is 1. The van der Waals surface area contributed by atoms with E-state index >= 15 is 0 Å². The first-order chi connectivity index (χ1) is 12.4. The lowest BCUT2D eigenvalue weighted by Gasteiger charge is -2.33. The summed E-state index contributed by atoms with van der Waals surface area (Å²) in [5.41, 5.74) is 0. The van der Waals surface area contributed by atoms with Gasteiger partial charge in [-0.05, 0) is 24.3 Å². The minimum absolute atomic E-state index is 0.0108. The molecule has 6 nitrogen and oxygen atoms in total. The highest BCUT2D eigenvalue weighted by Gasteiger charge is 2.31. The summed E-state index contributed by atoms with van der Waals surface area (Å²) in [5, 5.41) is 0. The number of hydrogen-bond acceptors (Lipinski definition) is 5. The summed E-state index contributed by atoms with van der Waals surface area (Å²) < 4.78 is 45.7. The number of carbonyl (C=O) groups excluding carboxylic acids is 1. The molecule has 1 aromatic carbocycles. The maximum absolute atomic E-state index is 13.5. The summed E-state index contributed by atoms with van der Waals surface area (Å²) >= 11 is 6.81. The van der Waals surface area contributed by atoms with Gasteiger partial charge in [-0.1, -0.05) is 23.7 Å². The second kappa shape index (κ2) is 7.91. The van der Waals surface area contributed by atoms with Crippen molar-refractivity contribution in [1.82, 2.24) is 9.21 Å². The molecule has 2 heterocycles. The van der Waals surface area contributed by atoms with Gasteiger partial charge in [0.25, 0.3) is 15.9 Å². The van der Waals surface area contributed by atoms with Crippen molar-refractivity contribution in [2.45, 2.75) is 4.21 Å². The number of rotatable bonds is 5. The lowest BCUT2D eigenvalue weighted by Crippen LogP contribution is -2.51. The Morgan fingerprint density at radius 2 is 1.85 bits per heavy atom. The lowest BCUT2D eigenvalue weighted by atomic mass is 10.3. The molecule has 0 bridgehead atoms. The summed E-state index contributed by atoms with van der Waals surface area (Å²) in [4.78, 5) is 13.7. The molecular weight excluding hydrogens is 403 g/mol. The Morgan fingerprint density at radius 3 is 2.46 bits per heavy atom. The van der Waals surface area contributed by atoms with Gasteiger partial charge in [0.1, 0.15) is 4.21 Å². The van der Waals surface area contributed by atoms with Crippen LogP contribution in [0.3, 0.4) is 0 Å². The van der Waals surface area contributed by atoms with Crippen LogP contribution < -0.4 is 4.74 Å². The molecule has 0 N–H and O–H groups in total. The van der Waals surface area contributed by atoms with E-state index in [4.69, 9.17) is 16.3 Å². The third-order valence-electron chi connectivity index (χ3n) is 3.92. The van der Waals surface area contributed by atoms with Gasteiger partial charge in [0.15, 0.2) is 18.2 Å². The van der Waals surface area contributed by atoms with E-state index < -0.39 is 15.8 Å². The Labute approximate surface area is 159 Å². The van der Waals surface area contributed by atoms with Gasteiger partial charge in [-0.3, -0.25) is 4.79 Å². The number of halogens is 2. The number of ether oxygens (including phenoxy) is 1. The molecule has 1 aromatic heterocycles. The fourth-order valence-corrected chi connectivity index (χ4v) is 5.59. The average molecular weight is 419 g/mol. The molecule has 1 aliphatic rings. The number of para-hydroxylation sites is 1. The molecule has 0 unspecified atom stereocenters. The number of hydrogen-bond donors (Lipinski definition) is 0. The van der Waals surface area contributed by atoms with Crippen molar-refractivity contribution in [3.63, 3.8) is 0 Å². The van der Waals surface area contributed by atoms with E-state index in [9.17, 15) is 17.6 Å². The molecule has 3 rings (SSSR count). The molecule has 1 aliphatic heterocycles. The Balaban J connectivity index is 1.55. The zero-order chi connectivity index (χ0) is 18.7. The van der Waals surface area contributed by atoms with Crippen LogP contribution in [0.25, 0.3) is 0 Å². The molecule has 0 aliphatic carbocycles. The Bertz CT molecular complexity index is 895. The molecule has 0 spiro atoms. The van der Waals surface area contributed by atoms with Crippen LogP contribution in [0.15, 0.2) is 40.6 Å². The van der Waals surface area contributed by atoms with Gasteiger partial charge < -0.3 is 9.64 Å². The lowest BCUT2D eigenvalue weighted by molar-refractivity contribution is -0.134. The standard InChI is InChI=1S/C16H16ClFN2O4S2/c17-14-5-6-16(25-14)26(22,23)20-9-7-19(8-10-20)15(21)11-24-13-4-2-1-3-12(13)18/h1-6H,7-11H2. The Morgan fingerprint density at radius 1 is 1.15 bits per heavy atom. The van der Waals surface area contributed by atoms with Gasteiger partial charge in [-0.2, -0.15) is 4.31 Å². The number of carbonyl (C=O) groups is 1. The van der Waals surface area contributed by atoms with E-state index in [-0.39, 0.29) is 48.7 Å². The quantitative estimate of drug-likeness (QED) is 0.748. The first-order valence-corrected chi connectivity index (χ1v) is 10.4. The van der Waals surface area contributed by atoms with E-state index in [1.807, 2.05) is 0 Å². The molecule has 2 aromatic rings. The maximum atomic E-state index is 13.5. The van der Waals surface area contributed by atoms with Crippen molar-refractivity contribution in [1.29, 1.82) is 0 Å². The van der Waals surface area contributed by atoms with Crippen molar-refractivity contribution in [2.24, 2.45) is 0 Å². The highest BCUT2D eigenvalue weighted by molar-refractivity contribution is 7.91. The predicted octanol–water partition coefficient (Wildman–Crippen LogP) is 2.45. The van der Waals surface area contributed by atoms with Gasteiger partial charge in [-0.25, -0.2) is 12.8 Å². The Hall–Kier alpha value is -1.68. The number of thiophene rings is 1. The van der Waals surface area contributed by atoms with Crippen LogP contribution in [0, 0.1) is 5.82 Å². The first kappa shape index (κ1) is 19.1. The van der Waals surface area contributed by atoms with Crippen LogP contribution in [0.4, 0.5) is 4.39 Å². The fraction of sp³-hybridized carbons (Fsp3) is 0.312. The molecule has 1 fully saturated rings. The molecule has 0 atom stereocenters. The maximum Gasteiger partial charge on any atom is 0.260 e. The number of nitrogens with zero attached hydrogens (tertiary/aromatic N) is 2. The molecule has 140 valence electrons. The van der Waals surface area contributed by atoms with E-state index in [0.717, 1.165) is 11.3 Å². The van der Waals surface area contributed by atoms with Gasteiger partial charge >= 0.3 is 0 Å². The second-order valence-corrected chi connectivity index (χ2v) is 9.44. The summed E-state index contributed by atoms with van der Waals surface area (Å²) in [5.74, 6) is -0.841. The van der Waals surface area contributed by atoms with E-state index in [2.05, 4.69) is 0 Å². The average Bonchev–Trinajstić information content (AvgIpc) is 3.08. The fourth-order valence-electron chi connectivity index (χ4n) is 2.53. The SMILES string of the molecule is O=C(COc1ccccc1F)N1CCN(S(=O)(=O)c2ccc(Cl)s2)CC1. The van der Waals surface area contributed by atoms with Crippen molar-refractivity contribution in [3.8, 4) is 5.75 Å². The van der Waals surface area contributed by atoms with Crippen molar-refractivity contribution in [2.75, 3.05) is 32.8 Å². The van der Waals surface area contributed by atoms with Gasteiger partial charge in [-0.15, -0.1) is 11.3 Å². The molecule has 0 radical (unpaired) electrons. The van der Waals surface area contributed by atoms with Crippen molar-refractivity contribution in [3.05, 3.63) is 46.6 Å². The largest absolute Gasteiger partial charge is 0.481 e. The molecular formula is C16H16ClFN2O4S2. The van der Waals surface area contributed by atoms with E-state index in [0.29, 0.717) is 4.34 Å². The minimum Gasteiger partial charge on any atom is -0.481 e. The molecule has 26 heavy (non-hydrogen) atoms. The molecule has 1 amide bonds. The minimum atomic E-state index is -3.60. The third-order valence-corrected chi connectivity index (χ3v) is 7.52. The highest BCUT2D eigenvalue weighted by atomic mass is 35.5. The van der Waals surface area contributed by atoms with Crippen LogP contribution in [0.2, 0.25) is 4.34 Å². The number of benzene rings is 1. The summed E-state index contributed by atoms with van der Waals surface area (Å²) in [7, 11) is -3.60. The molecule has 0 saturated carbocycles. The summed E-state index contributed by atoms with van der Waals surface area (Å²) in [6.45, 7) is 0.566.